The molecule has 0 saturated carbocycles. The van der Waals surface area contributed by atoms with E-state index in [4.69, 9.17) is 4.98 Å². The third-order valence-corrected chi connectivity index (χ3v) is 6.26. The Kier molecular flexibility index (Phi) is 6.88. The molecule has 1 saturated heterocycles. The average molecular weight is 484 g/mol. The van der Waals surface area contributed by atoms with Crippen LogP contribution in [0.25, 0.3) is 10.9 Å². The highest BCUT2D eigenvalue weighted by atomic mass is 16.2. The summed E-state index contributed by atoms with van der Waals surface area (Å²) >= 11 is 0. The van der Waals surface area contributed by atoms with Gasteiger partial charge in [-0.25, -0.2) is 9.97 Å². The second-order valence-electron chi connectivity index (χ2n) is 9.00. The molecule has 0 unspecified atom stereocenters. The fourth-order valence-electron chi connectivity index (χ4n) is 4.37. The van der Waals surface area contributed by atoms with E-state index in [0.717, 1.165) is 30.3 Å². The molecule has 4 aromatic rings. The lowest BCUT2D eigenvalue weighted by Crippen LogP contribution is -2.30. The Labute approximate surface area is 209 Å². The van der Waals surface area contributed by atoms with Gasteiger partial charge < -0.3 is 15.5 Å². The van der Waals surface area contributed by atoms with Crippen LogP contribution in [0, 0.1) is 6.92 Å². The molecule has 1 fully saturated rings. The zero-order valence-corrected chi connectivity index (χ0v) is 20.3. The number of piperidine rings is 1. The first-order valence-electron chi connectivity index (χ1n) is 12.3. The summed E-state index contributed by atoms with van der Waals surface area (Å²) in [5, 5.41) is 6.69. The number of aromatic nitrogens is 4. The summed E-state index contributed by atoms with van der Waals surface area (Å²) in [5.74, 6) is 1.33. The summed E-state index contributed by atoms with van der Waals surface area (Å²) < 4.78 is 1.47. The maximum absolute atomic E-state index is 12.6. The number of fused-ring (bicyclic) bond motifs is 1. The van der Waals surface area contributed by atoms with E-state index in [2.05, 4.69) is 25.5 Å². The van der Waals surface area contributed by atoms with Crippen molar-refractivity contribution in [2.45, 2.75) is 39.2 Å². The number of carbonyl (C=O) groups is 1. The minimum atomic E-state index is -0.177. The van der Waals surface area contributed by atoms with E-state index in [1.54, 1.807) is 18.2 Å². The molecule has 0 radical (unpaired) electrons. The van der Waals surface area contributed by atoms with Gasteiger partial charge in [-0.1, -0.05) is 12.1 Å². The summed E-state index contributed by atoms with van der Waals surface area (Å²) in [4.78, 5) is 40.9. The molecule has 36 heavy (non-hydrogen) atoms. The Morgan fingerprint density at radius 1 is 0.972 bits per heavy atom. The van der Waals surface area contributed by atoms with Gasteiger partial charge in [0.05, 0.1) is 17.2 Å². The van der Waals surface area contributed by atoms with E-state index in [-0.39, 0.29) is 24.4 Å². The molecule has 2 aromatic heterocycles. The van der Waals surface area contributed by atoms with Crippen molar-refractivity contribution in [2.24, 2.45) is 0 Å². The molecule has 0 spiro atoms. The van der Waals surface area contributed by atoms with Gasteiger partial charge in [-0.05, 0) is 62.6 Å². The number of carbonyl (C=O) groups excluding carboxylic acids is 1. The first-order chi connectivity index (χ1) is 17.5. The highest BCUT2D eigenvalue weighted by Crippen LogP contribution is 2.22. The van der Waals surface area contributed by atoms with Crippen LogP contribution >= 0.6 is 0 Å². The molecule has 184 valence electrons. The second-order valence-corrected chi connectivity index (χ2v) is 9.00. The molecule has 5 rings (SSSR count). The lowest BCUT2D eigenvalue weighted by Gasteiger charge is -2.28. The van der Waals surface area contributed by atoms with E-state index in [1.807, 2.05) is 43.3 Å². The highest BCUT2D eigenvalue weighted by molar-refractivity contribution is 5.90. The average Bonchev–Trinajstić information content (AvgIpc) is 2.90. The molecule has 1 amide bonds. The van der Waals surface area contributed by atoms with Crippen LogP contribution in [-0.2, 0) is 11.3 Å². The summed E-state index contributed by atoms with van der Waals surface area (Å²) in [6.45, 7) is 4.28. The van der Waals surface area contributed by atoms with Crippen LogP contribution in [0.5, 0.6) is 0 Å². The third kappa shape index (κ3) is 5.51. The van der Waals surface area contributed by atoms with Crippen molar-refractivity contribution in [3.63, 3.8) is 0 Å². The first-order valence-corrected chi connectivity index (χ1v) is 12.3. The predicted octanol–water partition coefficient (Wildman–Crippen LogP) is 4.26. The lowest BCUT2D eigenvalue weighted by atomic mass is 10.1. The highest BCUT2D eigenvalue weighted by Gasteiger charge is 2.14. The van der Waals surface area contributed by atoms with Crippen molar-refractivity contribution in [3.8, 4) is 0 Å². The normalized spacial score (nSPS) is 13.5. The van der Waals surface area contributed by atoms with Crippen molar-refractivity contribution in [3.05, 3.63) is 77.0 Å². The number of hydrogen-bond acceptors (Lipinski definition) is 7. The van der Waals surface area contributed by atoms with Crippen LogP contribution in [-0.4, -0.2) is 38.5 Å². The van der Waals surface area contributed by atoms with Gasteiger partial charge in [0.25, 0.3) is 5.56 Å². The van der Waals surface area contributed by atoms with Crippen molar-refractivity contribution in [1.29, 1.82) is 0 Å². The fraction of sp³-hybridized carbons (Fsp3) is 0.296. The maximum Gasteiger partial charge on any atom is 0.261 e. The van der Waals surface area contributed by atoms with Gasteiger partial charge in [0.1, 0.15) is 5.82 Å². The van der Waals surface area contributed by atoms with Gasteiger partial charge in [0.15, 0.2) is 0 Å². The summed E-state index contributed by atoms with van der Waals surface area (Å²) in [7, 11) is 0. The minimum absolute atomic E-state index is 0.148. The molecule has 3 heterocycles. The SMILES string of the molecule is Cc1cc(N2CCCCC2)nc(Nc2ccc(NC(=O)CCn3cnc4ccccc4c3=O)cc2)n1. The van der Waals surface area contributed by atoms with E-state index < -0.39 is 0 Å². The number of para-hydroxylation sites is 1. The van der Waals surface area contributed by atoms with E-state index >= 15 is 0 Å². The number of nitrogens with one attached hydrogen (secondary N) is 2. The second kappa shape index (κ2) is 10.6. The summed E-state index contributed by atoms with van der Waals surface area (Å²) in [6.07, 6.45) is 5.30. The Bertz CT molecular complexity index is 1430. The van der Waals surface area contributed by atoms with Gasteiger partial charge in [-0.15, -0.1) is 0 Å². The molecular weight excluding hydrogens is 454 g/mol. The molecule has 0 atom stereocenters. The van der Waals surface area contributed by atoms with Crippen LogP contribution < -0.4 is 21.1 Å². The molecule has 0 bridgehead atoms. The Balaban J connectivity index is 1.18. The van der Waals surface area contributed by atoms with Crippen LogP contribution in [0.3, 0.4) is 0 Å². The van der Waals surface area contributed by atoms with Gasteiger partial charge >= 0.3 is 0 Å². The Morgan fingerprint density at radius 3 is 2.53 bits per heavy atom. The maximum atomic E-state index is 12.6. The Hall–Kier alpha value is -4.27. The summed E-state index contributed by atoms with van der Waals surface area (Å²) in [6, 6.07) is 16.6. The van der Waals surface area contributed by atoms with Crippen LogP contribution in [0.4, 0.5) is 23.1 Å². The molecule has 1 aliphatic heterocycles. The molecule has 2 N–H and O–H groups in total. The molecule has 0 aliphatic carbocycles. The van der Waals surface area contributed by atoms with Gasteiger partial charge in [0.2, 0.25) is 11.9 Å². The smallest absolute Gasteiger partial charge is 0.261 e. The molecule has 9 heteroatoms. The molecule has 2 aromatic carbocycles. The third-order valence-electron chi connectivity index (χ3n) is 6.26. The van der Waals surface area contributed by atoms with Crippen LogP contribution in [0.15, 0.2) is 65.7 Å². The van der Waals surface area contributed by atoms with Crippen LogP contribution in [0.2, 0.25) is 0 Å². The minimum Gasteiger partial charge on any atom is -0.356 e. The van der Waals surface area contributed by atoms with Crippen molar-refractivity contribution >= 4 is 40.0 Å². The number of rotatable bonds is 7. The molecule has 9 nitrogen and oxygen atoms in total. The van der Waals surface area contributed by atoms with Crippen molar-refractivity contribution < 1.29 is 4.79 Å². The van der Waals surface area contributed by atoms with E-state index in [1.165, 1.54) is 30.2 Å². The van der Waals surface area contributed by atoms with Gasteiger partial charge in [-0.2, -0.15) is 4.98 Å². The first kappa shape index (κ1) is 23.5. The quantitative estimate of drug-likeness (QED) is 0.405. The number of benzene rings is 2. The topological polar surface area (TPSA) is 105 Å². The fourth-order valence-corrected chi connectivity index (χ4v) is 4.37. The standard InChI is InChI=1S/C27H29N7O2/c1-19-17-24(33-14-5-2-6-15-33)32-27(29-19)31-21-11-9-20(10-12-21)30-25(35)13-16-34-18-28-23-8-4-3-7-22(23)26(34)36/h3-4,7-12,17-18H,2,5-6,13-16H2,1H3,(H,30,35)(H,29,31,32). The lowest BCUT2D eigenvalue weighted by molar-refractivity contribution is -0.116. The van der Waals surface area contributed by atoms with E-state index in [9.17, 15) is 9.59 Å². The van der Waals surface area contributed by atoms with Crippen molar-refractivity contribution in [1.82, 2.24) is 19.5 Å². The molecule has 1 aliphatic rings. The predicted molar refractivity (Wildman–Crippen MR) is 142 cm³/mol. The molecular formula is C27H29N7O2. The van der Waals surface area contributed by atoms with Crippen LogP contribution in [0.1, 0.15) is 31.4 Å². The van der Waals surface area contributed by atoms with E-state index in [0.29, 0.717) is 22.5 Å². The number of anilines is 4. The number of amides is 1. The monoisotopic (exact) mass is 483 g/mol. The van der Waals surface area contributed by atoms with Crippen molar-refractivity contribution in [2.75, 3.05) is 28.6 Å². The number of nitrogens with zero attached hydrogens (tertiary/aromatic N) is 5. The number of hydrogen-bond donors (Lipinski definition) is 2. The zero-order valence-electron chi connectivity index (χ0n) is 20.3. The van der Waals surface area contributed by atoms with Gasteiger partial charge in [-0.3, -0.25) is 14.2 Å². The zero-order chi connectivity index (χ0) is 24.9. The number of aryl methyl sites for hydroxylation is 2. The Morgan fingerprint density at radius 2 is 1.72 bits per heavy atom. The summed E-state index contributed by atoms with van der Waals surface area (Å²) in [5.41, 5.74) is 2.92. The van der Waals surface area contributed by atoms with Gasteiger partial charge in [0, 0.05) is 49.2 Å². The largest absolute Gasteiger partial charge is 0.356 e.